The summed E-state index contributed by atoms with van der Waals surface area (Å²) in [4.78, 5) is 26.9. The number of rotatable bonds is 7. The molecule has 176 valence electrons. The van der Waals surface area contributed by atoms with Crippen LogP contribution in [0.5, 0.6) is 5.75 Å². The summed E-state index contributed by atoms with van der Waals surface area (Å²) < 4.78 is 5.77. The number of carbonyl (C=O) groups excluding carboxylic acids is 2. The molecule has 0 radical (unpaired) electrons. The number of hydrogen-bond acceptors (Lipinski definition) is 4. The zero-order chi connectivity index (χ0) is 24.2. The molecule has 0 bridgehead atoms. The summed E-state index contributed by atoms with van der Waals surface area (Å²) in [7, 11) is 0. The number of nitrogens with zero attached hydrogens (tertiary/aromatic N) is 1. The molecule has 0 saturated carbocycles. The summed E-state index contributed by atoms with van der Waals surface area (Å²) >= 11 is 12.5. The predicted molar refractivity (Wildman–Crippen MR) is 135 cm³/mol. The number of aryl methyl sites for hydroxylation is 2. The quantitative estimate of drug-likeness (QED) is 0.411. The number of ether oxygens (including phenoxy) is 1. The predicted octanol–water partition coefficient (Wildman–Crippen LogP) is 5.69. The number of benzene rings is 3. The van der Waals surface area contributed by atoms with Crippen LogP contribution in [-0.2, 0) is 16.2 Å². The molecule has 2 amide bonds. The highest BCUT2D eigenvalue weighted by Gasteiger charge is 2.35. The topological polar surface area (TPSA) is 70.7 Å². The number of hydrogen-bond donors (Lipinski definition) is 2. The third-order valence-electron chi connectivity index (χ3n) is 5.90. The maximum atomic E-state index is 12.7. The SMILES string of the molecule is Cc1ccc(N2C[C@H](C(=O)NNc3ccc(OCc4ccccc4Cl)c(Cl)c3)CC2=O)cc1C. The van der Waals surface area contributed by atoms with Crippen molar-refractivity contribution in [2.24, 2.45) is 5.92 Å². The Balaban J connectivity index is 1.32. The first kappa shape index (κ1) is 23.9. The molecule has 0 aromatic heterocycles. The fourth-order valence-electron chi connectivity index (χ4n) is 3.73. The second kappa shape index (κ2) is 10.4. The summed E-state index contributed by atoms with van der Waals surface area (Å²) in [5.41, 5.74) is 10.1. The minimum atomic E-state index is -0.449. The number of halogens is 2. The second-order valence-electron chi connectivity index (χ2n) is 8.31. The zero-order valence-electron chi connectivity index (χ0n) is 18.9. The van der Waals surface area contributed by atoms with Gasteiger partial charge >= 0.3 is 0 Å². The van der Waals surface area contributed by atoms with Crippen LogP contribution in [0, 0.1) is 19.8 Å². The smallest absolute Gasteiger partial charge is 0.243 e. The monoisotopic (exact) mass is 497 g/mol. The van der Waals surface area contributed by atoms with Gasteiger partial charge in [0.05, 0.1) is 16.6 Å². The third kappa shape index (κ3) is 5.46. The van der Waals surface area contributed by atoms with Gasteiger partial charge in [0.25, 0.3) is 0 Å². The molecule has 4 rings (SSSR count). The van der Waals surface area contributed by atoms with E-state index >= 15 is 0 Å². The van der Waals surface area contributed by atoms with Gasteiger partial charge in [0.1, 0.15) is 12.4 Å². The Hall–Kier alpha value is -3.22. The summed E-state index contributed by atoms with van der Waals surface area (Å²) in [6.45, 7) is 4.66. The van der Waals surface area contributed by atoms with E-state index in [4.69, 9.17) is 27.9 Å². The number of nitrogens with one attached hydrogen (secondary N) is 2. The molecule has 1 saturated heterocycles. The highest BCUT2D eigenvalue weighted by Crippen LogP contribution is 2.30. The van der Waals surface area contributed by atoms with E-state index in [0.29, 0.717) is 28.0 Å². The highest BCUT2D eigenvalue weighted by molar-refractivity contribution is 6.32. The second-order valence-corrected chi connectivity index (χ2v) is 9.13. The zero-order valence-corrected chi connectivity index (χ0v) is 20.4. The molecule has 1 fully saturated rings. The molecule has 8 heteroatoms. The van der Waals surface area contributed by atoms with Crippen molar-refractivity contribution in [2.45, 2.75) is 26.9 Å². The van der Waals surface area contributed by atoms with Crippen LogP contribution in [0.2, 0.25) is 10.0 Å². The highest BCUT2D eigenvalue weighted by atomic mass is 35.5. The molecule has 0 unspecified atom stereocenters. The Bertz CT molecular complexity index is 1230. The standard InChI is InChI=1S/C26H25Cl2N3O3/c1-16-7-9-21(11-17(16)2)31-14-19(12-25(31)32)26(33)30-29-20-8-10-24(23(28)13-20)34-15-18-5-3-4-6-22(18)27/h3-11,13,19,29H,12,14-15H2,1-2H3,(H,30,33)/t19-/m1/s1. The maximum absolute atomic E-state index is 12.7. The maximum Gasteiger partial charge on any atom is 0.243 e. The van der Waals surface area contributed by atoms with E-state index < -0.39 is 5.92 Å². The minimum Gasteiger partial charge on any atom is -0.487 e. The van der Waals surface area contributed by atoms with E-state index in [-0.39, 0.29) is 24.8 Å². The van der Waals surface area contributed by atoms with Gasteiger partial charge < -0.3 is 9.64 Å². The first-order valence-corrected chi connectivity index (χ1v) is 11.7. The van der Waals surface area contributed by atoms with Gasteiger partial charge in [-0.25, -0.2) is 0 Å². The van der Waals surface area contributed by atoms with E-state index in [2.05, 4.69) is 10.9 Å². The van der Waals surface area contributed by atoms with E-state index in [1.54, 1.807) is 29.2 Å². The van der Waals surface area contributed by atoms with Crippen molar-refractivity contribution in [3.8, 4) is 5.75 Å². The van der Waals surface area contributed by atoms with Gasteiger partial charge in [-0.3, -0.25) is 20.4 Å². The Morgan fingerprint density at radius 3 is 2.56 bits per heavy atom. The van der Waals surface area contributed by atoms with Crippen LogP contribution in [-0.4, -0.2) is 18.4 Å². The van der Waals surface area contributed by atoms with Crippen molar-refractivity contribution in [3.05, 3.63) is 87.4 Å². The molecule has 1 heterocycles. The van der Waals surface area contributed by atoms with E-state index in [1.807, 2.05) is 50.2 Å². The molecule has 1 atom stereocenters. The molecular formula is C26H25Cl2N3O3. The fourth-order valence-corrected chi connectivity index (χ4v) is 4.15. The van der Waals surface area contributed by atoms with Crippen LogP contribution >= 0.6 is 23.2 Å². The molecular weight excluding hydrogens is 473 g/mol. The Morgan fingerprint density at radius 1 is 1.03 bits per heavy atom. The van der Waals surface area contributed by atoms with Crippen LogP contribution in [0.1, 0.15) is 23.1 Å². The molecule has 1 aliphatic rings. The first-order chi connectivity index (χ1) is 16.3. The molecule has 6 nitrogen and oxygen atoms in total. The van der Waals surface area contributed by atoms with Crippen molar-refractivity contribution in [1.29, 1.82) is 0 Å². The summed E-state index contributed by atoms with van der Waals surface area (Å²) in [5.74, 6) is -0.263. The van der Waals surface area contributed by atoms with Gasteiger partial charge in [0, 0.05) is 29.2 Å². The van der Waals surface area contributed by atoms with Crippen LogP contribution < -0.4 is 20.5 Å². The lowest BCUT2D eigenvalue weighted by atomic mass is 10.1. The van der Waals surface area contributed by atoms with Gasteiger partial charge in [-0.1, -0.05) is 47.5 Å². The van der Waals surface area contributed by atoms with Crippen molar-refractivity contribution < 1.29 is 14.3 Å². The van der Waals surface area contributed by atoms with Crippen molar-refractivity contribution in [3.63, 3.8) is 0 Å². The minimum absolute atomic E-state index is 0.0635. The number of amides is 2. The van der Waals surface area contributed by atoms with Crippen LogP contribution in [0.4, 0.5) is 11.4 Å². The molecule has 3 aromatic carbocycles. The van der Waals surface area contributed by atoms with Crippen LogP contribution in [0.15, 0.2) is 60.7 Å². The molecule has 0 aliphatic carbocycles. The molecule has 0 spiro atoms. The summed E-state index contributed by atoms with van der Waals surface area (Å²) in [6.07, 6.45) is 0.163. The number of hydrazine groups is 1. The van der Waals surface area contributed by atoms with Crippen LogP contribution in [0.3, 0.4) is 0 Å². The lowest BCUT2D eigenvalue weighted by Crippen LogP contribution is -2.36. The first-order valence-electron chi connectivity index (χ1n) is 10.9. The van der Waals surface area contributed by atoms with E-state index in [1.165, 1.54) is 0 Å². The Kier molecular flexibility index (Phi) is 7.29. The fraction of sp³-hybridized carbons (Fsp3) is 0.231. The lowest BCUT2D eigenvalue weighted by molar-refractivity contribution is -0.125. The van der Waals surface area contributed by atoms with Crippen molar-refractivity contribution >= 4 is 46.4 Å². The largest absolute Gasteiger partial charge is 0.487 e. The van der Waals surface area contributed by atoms with Crippen molar-refractivity contribution in [1.82, 2.24) is 5.43 Å². The van der Waals surface area contributed by atoms with Gasteiger partial charge in [-0.05, 0) is 61.4 Å². The average Bonchev–Trinajstić information content (AvgIpc) is 3.21. The van der Waals surface area contributed by atoms with E-state index in [9.17, 15) is 9.59 Å². The summed E-state index contributed by atoms with van der Waals surface area (Å²) in [6, 6.07) is 18.4. The molecule has 1 aliphatic heterocycles. The molecule has 2 N–H and O–H groups in total. The summed E-state index contributed by atoms with van der Waals surface area (Å²) in [5, 5.41) is 1.02. The van der Waals surface area contributed by atoms with Crippen molar-refractivity contribution in [2.75, 3.05) is 16.9 Å². The number of anilines is 2. The molecule has 34 heavy (non-hydrogen) atoms. The molecule has 3 aromatic rings. The Labute approximate surface area is 208 Å². The third-order valence-corrected chi connectivity index (χ3v) is 6.57. The van der Waals surface area contributed by atoms with Gasteiger partial charge in [0.2, 0.25) is 11.8 Å². The lowest BCUT2D eigenvalue weighted by Gasteiger charge is -2.18. The average molecular weight is 498 g/mol. The number of carbonyl (C=O) groups is 2. The van der Waals surface area contributed by atoms with Gasteiger partial charge in [-0.15, -0.1) is 0 Å². The Morgan fingerprint density at radius 2 is 1.82 bits per heavy atom. The van der Waals surface area contributed by atoms with E-state index in [0.717, 1.165) is 22.4 Å². The van der Waals surface area contributed by atoms with Gasteiger partial charge in [0.15, 0.2) is 0 Å². The normalized spacial score (nSPS) is 15.4. The van der Waals surface area contributed by atoms with Gasteiger partial charge in [-0.2, -0.15) is 0 Å². The van der Waals surface area contributed by atoms with Crippen LogP contribution in [0.25, 0.3) is 0 Å².